The molecule has 0 radical (unpaired) electrons. The molecule has 0 spiro atoms. The fraction of sp³-hybridized carbons (Fsp3) is 0.364. The first kappa shape index (κ1) is 11.3. The lowest BCUT2D eigenvalue weighted by atomic mass is 10.2. The quantitative estimate of drug-likeness (QED) is 0.423. The summed E-state index contributed by atoms with van der Waals surface area (Å²) in [7, 11) is 0. The molecule has 0 aliphatic heterocycles. The van der Waals surface area contributed by atoms with Gasteiger partial charge in [-0.1, -0.05) is 12.1 Å². The zero-order valence-corrected chi connectivity index (χ0v) is 9.13. The average Bonchev–Trinajstić information content (AvgIpc) is 2.21. The molecular formula is C11H16N2S. The molecule has 1 heterocycles. The van der Waals surface area contributed by atoms with Crippen molar-refractivity contribution in [2.75, 3.05) is 12.3 Å². The minimum absolute atomic E-state index is 0.838. The third-order valence-corrected chi connectivity index (χ3v) is 2.08. The van der Waals surface area contributed by atoms with Gasteiger partial charge in [-0.2, -0.15) is 12.6 Å². The summed E-state index contributed by atoms with van der Waals surface area (Å²) in [6, 6.07) is 4.14. The first-order valence-corrected chi connectivity index (χ1v) is 5.36. The van der Waals surface area contributed by atoms with Crippen molar-refractivity contribution >= 4 is 12.6 Å². The topological polar surface area (TPSA) is 24.9 Å². The molecule has 14 heavy (non-hydrogen) atoms. The lowest BCUT2D eigenvalue weighted by molar-refractivity contribution is 0.729. The van der Waals surface area contributed by atoms with Gasteiger partial charge in [0, 0.05) is 37.2 Å². The third-order valence-electron chi connectivity index (χ3n) is 1.86. The Labute approximate surface area is 90.9 Å². The van der Waals surface area contributed by atoms with Gasteiger partial charge in [-0.25, -0.2) is 0 Å². The van der Waals surface area contributed by atoms with Gasteiger partial charge < -0.3 is 5.32 Å². The lowest BCUT2D eigenvalue weighted by Gasteiger charge is -2.03. The van der Waals surface area contributed by atoms with Crippen molar-refractivity contribution in [3.8, 4) is 0 Å². The van der Waals surface area contributed by atoms with Gasteiger partial charge in [0.2, 0.25) is 0 Å². The molecule has 76 valence electrons. The second-order valence-corrected chi connectivity index (χ2v) is 3.50. The van der Waals surface area contributed by atoms with Crippen molar-refractivity contribution in [3.05, 3.63) is 42.2 Å². The van der Waals surface area contributed by atoms with Crippen LogP contribution in [-0.4, -0.2) is 17.3 Å². The number of hydrogen-bond donors (Lipinski definition) is 2. The van der Waals surface area contributed by atoms with E-state index in [0.29, 0.717) is 0 Å². The van der Waals surface area contributed by atoms with Crippen molar-refractivity contribution in [2.45, 2.75) is 13.0 Å². The number of rotatable bonds is 6. The summed E-state index contributed by atoms with van der Waals surface area (Å²) in [5.41, 5.74) is 2.28. The molecule has 1 aromatic heterocycles. The van der Waals surface area contributed by atoms with Crippen molar-refractivity contribution in [1.82, 2.24) is 10.3 Å². The minimum atomic E-state index is 0.838. The lowest BCUT2D eigenvalue weighted by Crippen LogP contribution is -2.15. The molecular weight excluding hydrogens is 192 g/mol. The summed E-state index contributed by atoms with van der Waals surface area (Å²) in [5.74, 6) is 0.863. The summed E-state index contributed by atoms with van der Waals surface area (Å²) in [4.78, 5) is 4.32. The number of nitrogens with zero attached hydrogens (tertiary/aromatic N) is 1. The van der Waals surface area contributed by atoms with Crippen LogP contribution in [0.15, 0.2) is 31.0 Å². The van der Waals surface area contributed by atoms with E-state index in [9.17, 15) is 0 Å². The second kappa shape index (κ2) is 6.62. The number of hydrogen-bond acceptors (Lipinski definition) is 3. The predicted molar refractivity (Wildman–Crippen MR) is 63.7 cm³/mol. The Morgan fingerprint density at radius 2 is 2.36 bits per heavy atom. The van der Waals surface area contributed by atoms with E-state index >= 15 is 0 Å². The van der Waals surface area contributed by atoms with E-state index in [0.717, 1.165) is 31.0 Å². The predicted octanol–water partition coefficient (Wildman–Crippen LogP) is 1.83. The van der Waals surface area contributed by atoms with Gasteiger partial charge >= 0.3 is 0 Å². The van der Waals surface area contributed by atoms with Gasteiger partial charge in [0.1, 0.15) is 0 Å². The van der Waals surface area contributed by atoms with Gasteiger partial charge in [0.25, 0.3) is 0 Å². The Balaban J connectivity index is 2.42. The second-order valence-electron chi connectivity index (χ2n) is 3.05. The third kappa shape index (κ3) is 3.94. The Morgan fingerprint density at radius 3 is 2.93 bits per heavy atom. The summed E-state index contributed by atoms with van der Waals surface area (Å²) < 4.78 is 0. The van der Waals surface area contributed by atoms with Crippen LogP contribution in [0, 0.1) is 0 Å². The average molecular weight is 208 g/mol. The molecule has 0 unspecified atom stereocenters. The molecule has 0 bridgehead atoms. The van der Waals surface area contributed by atoms with Crippen molar-refractivity contribution in [1.29, 1.82) is 0 Å². The van der Waals surface area contributed by atoms with Crippen molar-refractivity contribution in [3.63, 3.8) is 0 Å². The van der Waals surface area contributed by atoms with Crippen LogP contribution in [-0.2, 0) is 13.0 Å². The van der Waals surface area contributed by atoms with Crippen LogP contribution in [0.25, 0.3) is 0 Å². The van der Waals surface area contributed by atoms with Crippen LogP contribution in [0.1, 0.15) is 11.3 Å². The standard InChI is InChI=1S/C11H16N2S/c1-2-3-11-5-4-10(9-13-11)8-12-6-7-14/h2,4-5,9,12,14H,1,3,6-8H2. The van der Waals surface area contributed by atoms with E-state index in [-0.39, 0.29) is 0 Å². The Kier molecular flexibility index (Phi) is 5.33. The van der Waals surface area contributed by atoms with E-state index in [2.05, 4.69) is 35.6 Å². The molecule has 0 fully saturated rings. The molecule has 1 N–H and O–H groups in total. The van der Waals surface area contributed by atoms with Crippen LogP contribution in [0.3, 0.4) is 0 Å². The molecule has 0 aliphatic rings. The van der Waals surface area contributed by atoms with Gasteiger partial charge in [-0.15, -0.1) is 6.58 Å². The maximum atomic E-state index is 4.32. The van der Waals surface area contributed by atoms with E-state index in [1.165, 1.54) is 5.56 Å². The van der Waals surface area contributed by atoms with E-state index in [1.54, 1.807) is 0 Å². The SMILES string of the molecule is C=CCc1ccc(CNCCS)cn1. The number of allylic oxidation sites excluding steroid dienone is 1. The molecule has 2 nitrogen and oxygen atoms in total. The smallest absolute Gasteiger partial charge is 0.0441 e. The zero-order valence-electron chi connectivity index (χ0n) is 8.24. The van der Waals surface area contributed by atoms with E-state index < -0.39 is 0 Å². The van der Waals surface area contributed by atoms with Gasteiger partial charge in [-0.3, -0.25) is 4.98 Å². The Bertz CT molecular complexity index is 269. The van der Waals surface area contributed by atoms with Gasteiger partial charge in [0.05, 0.1) is 0 Å². The van der Waals surface area contributed by atoms with Crippen LogP contribution < -0.4 is 5.32 Å². The normalized spacial score (nSPS) is 10.1. The van der Waals surface area contributed by atoms with E-state index in [1.807, 2.05) is 18.3 Å². The molecule has 3 heteroatoms. The van der Waals surface area contributed by atoms with Crippen molar-refractivity contribution < 1.29 is 0 Å². The summed E-state index contributed by atoms with van der Waals surface area (Å²) in [5, 5.41) is 3.27. The highest BCUT2D eigenvalue weighted by molar-refractivity contribution is 7.80. The van der Waals surface area contributed by atoms with Crippen molar-refractivity contribution in [2.24, 2.45) is 0 Å². The van der Waals surface area contributed by atoms with Crippen LogP contribution in [0.2, 0.25) is 0 Å². The Hall–Kier alpha value is -0.800. The van der Waals surface area contributed by atoms with Crippen LogP contribution in [0.5, 0.6) is 0 Å². The highest BCUT2D eigenvalue weighted by atomic mass is 32.1. The first-order valence-electron chi connectivity index (χ1n) is 4.73. The molecule has 0 aromatic carbocycles. The number of nitrogens with one attached hydrogen (secondary N) is 1. The monoisotopic (exact) mass is 208 g/mol. The summed E-state index contributed by atoms with van der Waals surface area (Å²) in [6.45, 7) is 5.47. The fourth-order valence-electron chi connectivity index (χ4n) is 1.14. The number of pyridine rings is 1. The highest BCUT2D eigenvalue weighted by Gasteiger charge is 1.93. The van der Waals surface area contributed by atoms with E-state index in [4.69, 9.17) is 0 Å². The number of aromatic nitrogens is 1. The van der Waals surface area contributed by atoms with Crippen LogP contribution in [0.4, 0.5) is 0 Å². The molecule has 1 aromatic rings. The highest BCUT2D eigenvalue weighted by Crippen LogP contribution is 2.01. The fourth-order valence-corrected chi connectivity index (χ4v) is 1.30. The zero-order chi connectivity index (χ0) is 10.2. The molecule has 0 atom stereocenters. The minimum Gasteiger partial charge on any atom is -0.312 e. The molecule has 0 aliphatic carbocycles. The number of thiol groups is 1. The van der Waals surface area contributed by atoms with Crippen LogP contribution >= 0.6 is 12.6 Å². The Morgan fingerprint density at radius 1 is 1.50 bits per heavy atom. The largest absolute Gasteiger partial charge is 0.312 e. The van der Waals surface area contributed by atoms with Gasteiger partial charge in [0.15, 0.2) is 0 Å². The maximum Gasteiger partial charge on any atom is 0.0441 e. The molecule has 1 rings (SSSR count). The molecule has 0 saturated carbocycles. The summed E-state index contributed by atoms with van der Waals surface area (Å²) in [6.07, 6.45) is 4.61. The summed E-state index contributed by atoms with van der Waals surface area (Å²) >= 11 is 4.12. The van der Waals surface area contributed by atoms with Gasteiger partial charge in [-0.05, 0) is 11.6 Å². The maximum absolute atomic E-state index is 4.32. The molecule has 0 saturated heterocycles. The molecule has 0 amide bonds. The first-order chi connectivity index (χ1) is 6.86.